The Morgan fingerprint density at radius 2 is 2.14 bits per heavy atom. The third kappa shape index (κ3) is 4.20. The van der Waals surface area contributed by atoms with Crippen LogP contribution in [0.3, 0.4) is 0 Å². The van der Waals surface area contributed by atoms with Crippen molar-refractivity contribution in [2.75, 3.05) is 17.1 Å². The standard InChI is InChI=1S/C20H21N3O4S2/c1-13-22-17(12-28-13)19-8-6-16(27-19)11-21-20(24)15-5-7-18-14(10-15)4-3-9-23(18)29(2,25)26/h5-8,10,12H,3-4,9,11H2,1-2H3,(H,21,24). The summed E-state index contributed by atoms with van der Waals surface area (Å²) in [7, 11) is -3.32. The average Bonchev–Trinajstić information content (AvgIpc) is 3.33. The van der Waals surface area contributed by atoms with Crippen LogP contribution in [-0.2, 0) is 23.0 Å². The number of benzene rings is 1. The Kier molecular flexibility index (Phi) is 5.18. The van der Waals surface area contributed by atoms with Gasteiger partial charge in [0.05, 0.1) is 23.5 Å². The number of hydrogen-bond donors (Lipinski definition) is 1. The summed E-state index contributed by atoms with van der Waals surface area (Å²) in [5, 5.41) is 5.75. The molecule has 3 aromatic rings. The summed E-state index contributed by atoms with van der Waals surface area (Å²) < 4.78 is 31.1. The van der Waals surface area contributed by atoms with E-state index < -0.39 is 10.0 Å². The van der Waals surface area contributed by atoms with E-state index in [-0.39, 0.29) is 12.5 Å². The van der Waals surface area contributed by atoms with Gasteiger partial charge in [0.2, 0.25) is 10.0 Å². The van der Waals surface area contributed by atoms with Gasteiger partial charge in [0.25, 0.3) is 5.91 Å². The second kappa shape index (κ2) is 7.64. The molecule has 1 N–H and O–H groups in total. The summed E-state index contributed by atoms with van der Waals surface area (Å²) in [5.74, 6) is 1.08. The molecule has 0 spiro atoms. The van der Waals surface area contributed by atoms with Gasteiger partial charge in [-0.15, -0.1) is 11.3 Å². The van der Waals surface area contributed by atoms with Crippen molar-refractivity contribution in [3.63, 3.8) is 0 Å². The van der Waals surface area contributed by atoms with Crippen molar-refractivity contribution in [1.82, 2.24) is 10.3 Å². The first-order chi connectivity index (χ1) is 13.8. The number of fused-ring (bicyclic) bond motifs is 1. The van der Waals surface area contributed by atoms with Crippen molar-refractivity contribution in [2.45, 2.75) is 26.3 Å². The summed E-state index contributed by atoms with van der Waals surface area (Å²) >= 11 is 1.55. The molecule has 2 aromatic heterocycles. The van der Waals surface area contributed by atoms with Crippen LogP contribution >= 0.6 is 11.3 Å². The molecule has 1 amide bonds. The number of nitrogens with zero attached hydrogens (tertiary/aromatic N) is 2. The highest BCUT2D eigenvalue weighted by atomic mass is 32.2. The first-order valence-electron chi connectivity index (χ1n) is 9.21. The maximum atomic E-state index is 12.6. The number of anilines is 1. The van der Waals surface area contributed by atoms with Crippen LogP contribution in [0.25, 0.3) is 11.5 Å². The zero-order valence-corrected chi connectivity index (χ0v) is 17.8. The SMILES string of the molecule is Cc1nc(-c2ccc(CNC(=O)c3ccc4c(c3)CCCN4S(C)(=O)=O)o2)cs1. The fourth-order valence-electron chi connectivity index (χ4n) is 3.40. The van der Waals surface area contributed by atoms with Crippen molar-refractivity contribution in [1.29, 1.82) is 0 Å². The zero-order chi connectivity index (χ0) is 20.6. The van der Waals surface area contributed by atoms with Crippen molar-refractivity contribution >= 4 is 33.0 Å². The minimum absolute atomic E-state index is 0.230. The normalized spacial score (nSPS) is 13.9. The number of rotatable bonds is 5. The van der Waals surface area contributed by atoms with Crippen LogP contribution in [0.2, 0.25) is 0 Å². The first-order valence-corrected chi connectivity index (χ1v) is 11.9. The van der Waals surface area contributed by atoms with Gasteiger partial charge in [-0.3, -0.25) is 9.10 Å². The van der Waals surface area contributed by atoms with Crippen molar-refractivity contribution < 1.29 is 17.6 Å². The van der Waals surface area contributed by atoms with E-state index in [2.05, 4.69) is 10.3 Å². The molecule has 0 atom stereocenters. The predicted octanol–water partition coefficient (Wildman–Crippen LogP) is 3.35. The summed E-state index contributed by atoms with van der Waals surface area (Å²) in [5.41, 5.74) is 2.81. The van der Waals surface area contributed by atoms with Crippen LogP contribution in [-0.4, -0.2) is 32.1 Å². The number of aromatic nitrogens is 1. The molecule has 0 radical (unpaired) electrons. The summed E-state index contributed by atoms with van der Waals surface area (Å²) in [6.45, 7) is 2.66. The molecule has 9 heteroatoms. The molecule has 1 aliphatic rings. The van der Waals surface area contributed by atoms with Crippen LogP contribution in [0, 0.1) is 6.92 Å². The first kappa shape index (κ1) is 19.7. The van der Waals surface area contributed by atoms with Gasteiger partial charge in [-0.25, -0.2) is 13.4 Å². The van der Waals surface area contributed by atoms with Gasteiger partial charge in [-0.05, 0) is 55.7 Å². The van der Waals surface area contributed by atoms with E-state index in [9.17, 15) is 13.2 Å². The molecule has 0 saturated heterocycles. The molecular formula is C20H21N3O4S2. The van der Waals surface area contributed by atoms with Gasteiger partial charge in [0.15, 0.2) is 5.76 Å². The molecule has 0 unspecified atom stereocenters. The maximum Gasteiger partial charge on any atom is 0.251 e. The lowest BCUT2D eigenvalue weighted by molar-refractivity contribution is 0.0948. The third-order valence-electron chi connectivity index (χ3n) is 4.77. The highest BCUT2D eigenvalue weighted by molar-refractivity contribution is 7.92. The molecule has 7 nitrogen and oxygen atoms in total. The Bertz CT molecular complexity index is 1160. The number of hydrogen-bond acceptors (Lipinski definition) is 6. The molecule has 0 bridgehead atoms. The summed E-state index contributed by atoms with van der Waals surface area (Å²) in [4.78, 5) is 17.0. The van der Waals surface area contributed by atoms with Crippen LogP contribution in [0.1, 0.15) is 33.1 Å². The van der Waals surface area contributed by atoms with Gasteiger partial charge in [0.1, 0.15) is 11.5 Å². The van der Waals surface area contributed by atoms with E-state index in [0.717, 1.165) is 29.1 Å². The lowest BCUT2D eigenvalue weighted by Crippen LogP contribution is -2.34. The fraction of sp³-hybridized carbons (Fsp3) is 0.300. The van der Waals surface area contributed by atoms with Crippen molar-refractivity contribution in [3.8, 4) is 11.5 Å². The Morgan fingerprint density at radius 3 is 2.86 bits per heavy atom. The Morgan fingerprint density at radius 1 is 1.31 bits per heavy atom. The summed E-state index contributed by atoms with van der Waals surface area (Å²) in [6.07, 6.45) is 2.68. The Hall–Kier alpha value is -2.65. The van der Waals surface area contributed by atoms with E-state index in [4.69, 9.17) is 4.42 Å². The quantitative estimate of drug-likeness (QED) is 0.669. The monoisotopic (exact) mass is 431 g/mol. The van der Waals surface area contributed by atoms with E-state index in [0.29, 0.717) is 29.3 Å². The molecule has 0 fully saturated rings. The third-order valence-corrected chi connectivity index (χ3v) is 6.73. The fourth-order valence-corrected chi connectivity index (χ4v) is 5.00. The predicted molar refractivity (Wildman–Crippen MR) is 113 cm³/mol. The number of amides is 1. The Balaban J connectivity index is 1.45. The van der Waals surface area contributed by atoms with Gasteiger partial charge >= 0.3 is 0 Å². The van der Waals surface area contributed by atoms with E-state index in [1.807, 2.05) is 24.4 Å². The van der Waals surface area contributed by atoms with Crippen LogP contribution in [0.15, 0.2) is 40.1 Å². The lowest BCUT2D eigenvalue weighted by Gasteiger charge is -2.29. The number of sulfonamides is 1. The zero-order valence-electron chi connectivity index (χ0n) is 16.1. The molecule has 0 saturated carbocycles. The van der Waals surface area contributed by atoms with Crippen LogP contribution in [0.5, 0.6) is 0 Å². The number of thiazole rings is 1. The second-order valence-corrected chi connectivity index (χ2v) is 9.95. The highest BCUT2D eigenvalue weighted by Crippen LogP contribution is 2.30. The second-order valence-electron chi connectivity index (χ2n) is 6.98. The lowest BCUT2D eigenvalue weighted by atomic mass is 10.0. The van der Waals surface area contributed by atoms with Gasteiger partial charge in [-0.2, -0.15) is 0 Å². The molecule has 1 aromatic carbocycles. The smallest absolute Gasteiger partial charge is 0.251 e. The van der Waals surface area contributed by atoms with E-state index >= 15 is 0 Å². The minimum Gasteiger partial charge on any atom is -0.458 e. The average molecular weight is 432 g/mol. The number of aryl methyl sites for hydroxylation is 2. The van der Waals surface area contributed by atoms with Gasteiger partial charge in [-0.1, -0.05) is 0 Å². The highest BCUT2D eigenvalue weighted by Gasteiger charge is 2.24. The largest absolute Gasteiger partial charge is 0.458 e. The summed E-state index contributed by atoms with van der Waals surface area (Å²) in [6, 6.07) is 8.80. The molecule has 4 rings (SSSR count). The molecular weight excluding hydrogens is 410 g/mol. The number of carbonyl (C=O) groups is 1. The van der Waals surface area contributed by atoms with Gasteiger partial charge in [0, 0.05) is 17.5 Å². The number of furan rings is 1. The topological polar surface area (TPSA) is 92.5 Å². The molecule has 152 valence electrons. The number of nitrogens with one attached hydrogen (secondary N) is 1. The van der Waals surface area contributed by atoms with Gasteiger partial charge < -0.3 is 9.73 Å². The van der Waals surface area contributed by atoms with E-state index in [1.165, 1.54) is 10.6 Å². The maximum absolute atomic E-state index is 12.6. The number of carbonyl (C=O) groups excluding carboxylic acids is 1. The molecule has 0 aliphatic carbocycles. The molecule has 29 heavy (non-hydrogen) atoms. The van der Waals surface area contributed by atoms with Crippen molar-refractivity contribution in [2.24, 2.45) is 0 Å². The van der Waals surface area contributed by atoms with Crippen molar-refractivity contribution in [3.05, 3.63) is 57.6 Å². The van der Waals surface area contributed by atoms with E-state index in [1.54, 1.807) is 29.5 Å². The minimum atomic E-state index is -3.32. The van der Waals surface area contributed by atoms with Crippen LogP contribution < -0.4 is 9.62 Å². The molecule has 3 heterocycles. The van der Waals surface area contributed by atoms with Crippen LogP contribution in [0.4, 0.5) is 5.69 Å². The molecule has 1 aliphatic heterocycles. The Labute approximate surface area is 173 Å².